The highest BCUT2D eigenvalue weighted by molar-refractivity contribution is 6.76. The Hall–Kier alpha value is -1.45. The first-order valence-electron chi connectivity index (χ1n) is 7.84. The van der Waals surface area contributed by atoms with Crippen LogP contribution in [0.2, 0.25) is 30.7 Å². The van der Waals surface area contributed by atoms with Gasteiger partial charge in [0.25, 0.3) is 0 Å². The topological polar surface area (TPSA) is 12.4 Å². The first kappa shape index (κ1) is 17.9. The van der Waals surface area contributed by atoms with E-state index in [9.17, 15) is 4.39 Å². The van der Waals surface area contributed by atoms with E-state index >= 15 is 0 Å². The molecule has 0 aliphatic heterocycles. The minimum absolute atomic E-state index is 0.321. The minimum atomic E-state index is -1.21. The Kier molecular flexibility index (Phi) is 5.77. The Morgan fingerprint density at radius 3 is 2.30 bits per heavy atom. The van der Waals surface area contributed by atoms with Crippen LogP contribution in [-0.2, 0) is 0 Å². The van der Waals surface area contributed by atoms with Crippen LogP contribution < -0.4 is 0 Å². The molecule has 2 rings (SSSR count). The third-order valence-electron chi connectivity index (χ3n) is 3.65. The number of aryl methyl sites for hydroxylation is 1. The number of aliphatic imine (C=N–C) groups is 1. The van der Waals surface area contributed by atoms with Crippen molar-refractivity contribution in [3.63, 3.8) is 0 Å². The number of rotatable bonds is 5. The van der Waals surface area contributed by atoms with E-state index in [0.717, 1.165) is 29.4 Å². The van der Waals surface area contributed by atoms with Gasteiger partial charge in [0.05, 0.1) is 10.7 Å². The molecule has 0 aliphatic carbocycles. The Morgan fingerprint density at radius 2 is 1.74 bits per heavy atom. The largest absolute Gasteiger partial charge is 0.253 e. The Labute approximate surface area is 144 Å². The quantitative estimate of drug-likeness (QED) is 0.424. The zero-order valence-corrected chi connectivity index (χ0v) is 15.9. The lowest BCUT2D eigenvalue weighted by atomic mass is 10.1. The molecule has 0 spiro atoms. The molecule has 0 N–H and O–H groups in total. The van der Waals surface area contributed by atoms with Crippen LogP contribution in [0.4, 0.5) is 10.1 Å². The molecule has 0 heterocycles. The fraction of sp³-hybridized carbons (Fsp3) is 0.316. The zero-order valence-electron chi connectivity index (χ0n) is 14.2. The van der Waals surface area contributed by atoms with Gasteiger partial charge < -0.3 is 0 Å². The van der Waals surface area contributed by atoms with Gasteiger partial charge in [-0.3, -0.25) is 4.99 Å². The molecule has 0 atom stereocenters. The highest BCUT2D eigenvalue weighted by Gasteiger charge is 2.17. The van der Waals surface area contributed by atoms with Crippen molar-refractivity contribution >= 4 is 31.1 Å². The van der Waals surface area contributed by atoms with Crippen LogP contribution in [-0.4, -0.2) is 13.8 Å². The van der Waals surface area contributed by atoms with Crippen molar-refractivity contribution in [3.05, 3.63) is 64.4 Å². The SMILES string of the molecule is Cc1ccc(N=C(CC[Si](C)(C)C)c2ccc(F)cc2Cl)cc1. The number of benzene rings is 2. The molecule has 0 unspecified atom stereocenters. The molecule has 2 aromatic carbocycles. The van der Waals surface area contributed by atoms with Gasteiger partial charge in [0, 0.05) is 19.3 Å². The van der Waals surface area contributed by atoms with E-state index in [-0.39, 0.29) is 5.82 Å². The van der Waals surface area contributed by atoms with Gasteiger partial charge in [0.2, 0.25) is 0 Å². The first-order valence-corrected chi connectivity index (χ1v) is 11.9. The van der Waals surface area contributed by atoms with Crippen LogP contribution in [0.25, 0.3) is 0 Å². The molecule has 0 saturated heterocycles. The van der Waals surface area contributed by atoms with Crippen molar-refractivity contribution in [1.82, 2.24) is 0 Å². The number of hydrogen-bond donors (Lipinski definition) is 0. The van der Waals surface area contributed by atoms with Gasteiger partial charge in [-0.15, -0.1) is 0 Å². The third-order valence-corrected chi connectivity index (χ3v) is 5.71. The van der Waals surface area contributed by atoms with E-state index in [4.69, 9.17) is 16.6 Å². The molecule has 0 saturated carbocycles. The van der Waals surface area contributed by atoms with Crippen LogP contribution in [0.3, 0.4) is 0 Å². The fourth-order valence-electron chi connectivity index (χ4n) is 2.24. The van der Waals surface area contributed by atoms with Gasteiger partial charge in [-0.05, 0) is 43.7 Å². The third kappa shape index (κ3) is 5.59. The van der Waals surface area contributed by atoms with Crippen molar-refractivity contribution in [1.29, 1.82) is 0 Å². The van der Waals surface area contributed by atoms with Crippen molar-refractivity contribution in [3.8, 4) is 0 Å². The summed E-state index contributed by atoms with van der Waals surface area (Å²) >= 11 is 6.26. The van der Waals surface area contributed by atoms with Gasteiger partial charge in [-0.1, -0.05) is 55.0 Å². The summed E-state index contributed by atoms with van der Waals surface area (Å²) in [4.78, 5) is 4.80. The molecule has 4 heteroatoms. The maximum absolute atomic E-state index is 13.3. The molecule has 122 valence electrons. The predicted molar refractivity (Wildman–Crippen MR) is 102 cm³/mol. The number of halogens is 2. The summed E-state index contributed by atoms with van der Waals surface area (Å²) in [5, 5.41) is 0.423. The highest BCUT2D eigenvalue weighted by atomic mass is 35.5. The van der Waals surface area contributed by atoms with Crippen molar-refractivity contribution in [2.75, 3.05) is 0 Å². The van der Waals surface area contributed by atoms with Gasteiger partial charge in [0.1, 0.15) is 5.82 Å². The second kappa shape index (κ2) is 7.41. The van der Waals surface area contributed by atoms with Crippen molar-refractivity contribution in [2.24, 2.45) is 4.99 Å². The summed E-state index contributed by atoms with van der Waals surface area (Å²) in [6, 6.07) is 13.7. The van der Waals surface area contributed by atoms with Crippen molar-refractivity contribution < 1.29 is 4.39 Å². The fourth-order valence-corrected chi connectivity index (χ4v) is 3.51. The van der Waals surface area contributed by atoms with E-state index in [1.165, 1.54) is 17.7 Å². The summed E-state index contributed by atoms with van der Waals surface area (Å²) < 4.78 is 13.3. The maximum atomic E-state index is 13.3. The van der Waals surface area contributed by atoms with Crippen LogP contribution >= 0.6 is 11.6 Å². The van der Waals surface area contributed by atoms with Crippen molar-refractivity contribution in [2.45, 2.75) is 39.0 Å². The number of nitrogens with zero attached hydrogens (tertiary/aromatic N) is 1. The van der Waals surface area contributed by atoms with Gasteiger partial charge in [-0.25, -0.2) is 4.39 Å². The zero-order chi connectivity index (χ0) is 17.0. The summed E-state index contributed by atoms with van der Waals surface area (Å²) in [5.41, 5.74) is 3.86. The number of hydrogen-bond acceptors (Lipinski definition) is 1. The Bertz CT molecular complexity index is 702. The molecule has 23 heavy (non-hydrogen) atoms. The molecule has 0 radical (unpaired) electrons. The Morgan fingerprint density at radius 1 is 1.09 bits per heavy atom. The summed E-state index contributed by atoms with van der Waals surface area (Å²) in [6.45, 7) is 9.06. The average molecular weight is 348 g/mol. The van der Waals surface area contributed by atoms with Gasteiger partial charge in [0.15, 0.2) is 0 Å². The lowest BCUT2D eigenvalue weighted by molar-refractivity contribution is 0.628. The molecule has 0 fully saturated rings. The summed E-state index contributed by atoms with van der Waals surface area (Å²) in [7, 11) is -1.21. The lowest BCUT2D eigenvalue weighted by Crippen LogP contribution is -2.21. The van der Waals surface area contributed by atoms with E-state index < -0.39 is 8.07 Å². The molecule has 0 aromatic heterocycles. The van der Waals surface area contributed by atoms with Crippen LogP contribution in [0, 0.1) is 12.7 Å². The molecule has 0 bridgehead atoms. The summed E-state index contributed by atoms with van der Waals surface area (Å²) in [5.74, 6) is -0.321. The first-order chi connectivity index (χ1) is 10.7. The van der Waals surface area contributed by atoms with E-state index in [1.54, 1.807) is 6.07 Å². The second-order valence-corrected chi connectivity index (χ2v) is 13.1. The van der Waals surface area contributed by atoms with E-state index in [0.29, 0.717) is 5.02 Å². The van der Waals surface area contributed by atoms with E-state index in [2.05, 4.69) is 26.6 Å². The molecule has 2 aromatic rings. The smallest absolute Gasteiger partial charge is 0.124 e. The van der Waals surface area contributed by atoms with Crippen LogP contribution in [0.5, 0.6) is 0 Å². The molecule has 1 nitrogen and oxygen atoms in total. The minimum Gasteiger partial charge on any atom is -0.253 e. The van der Waals surface area contributed by atoms with Crippen LogP contribution in [0.1, 0.15) is 17.5 Å². The standard InChI is InChI=1S/C19H23ClFNSi/c1-14-5-8-16(9-6-14)22-19(11-12-23(2,3)4)17-10-7-15(21)13-18(17)20/h5-10,13H,11-12H2,1-4H3. The average Bonchev–Trinajstić information content (AvgIpc) is 2.45. The Balaban J connectivity index is 2.40. The van der Waals surface area contributed by atoms with Gasteiger partial charge in [-0.2, -0.15) is 0 Å². The monoisotopic (exact) mass is 347 g/mol. The molecule has 0 aliphatic rings. The predicted octanol–water partition coefficient (Wildman–Crippen LogP) is 6.64. The highest BCUT2D eigenvalue weighted by Crippen LogP contribution is 2.25. The molecule has 0 amide bonds. The van der Waals surface area contributed by atoms with Gasteiger partial charge >= 0.3 is 0 Å². The van der Waals surface area contributed by atoms with E-state index in [1.807, 2.05) is 24.3 Å². The maximum Gasteiger partial charge on any atom is 0.124 e. The normalized spacial score (nSPS) is 12.5. The molecular formula is C19H23ClFNSi. The lowest BCUT2D eigenvalue weighted by Gasteiger charge is -2.17. The summed E-state index contributed by atoms with van der Waals surface area (Å²) in [6.07, 6.45) is 0.856. The molecular weight excluding hydrogens is 325 g/mol. The van der Waals surface area contributed by atoms with Crippen LogP contribution in [0.15, 0.2) is 47.5 Å². The second-order valence-electron chi connectivity index (χ2n) is 7.08.